The number of benzene rings is 2. The fraction of sp³-hybridized carbons (Fsp3) is 0.143. The maximum atomic E-state index is 13.1. The molecule has 0 aliphatic carbocycles. The van der Waals surface area contributed by atoms with Crippen molar-refractivity contribution < 1.29 is 9.50 Å². The van der Waals surface area contributed by atoms with E-state index < -0.39 is 5.82 Å². The van der Waals surface area contributed by atoms with Gasteiger partial charge in [0.1, 0.15) is 0 Å². The van der Waals surface area contributed by atoms with Crippen molar-refractivity contribution in [1.82, 2.24) is 0 Å². The number of anilines is 1. The SMILES string of the molecule is Cc1cccc(CNc2ccc(O)c(F)c2)c1. The topological polar surface area (TPSA) is 32.3 Å². The summed E-state index contributed by atoms with van der Waals surface area (Å²) in [6.45, 7) is 2.66. The monoisotopic (exact) mass is 231 g/mol. The molecule has 3 heteroatoms. The normalized spacial score (nSPS) is 10.2. The highest BCUT2D eigenvalue weighted by atomic mass is 19.1. The number of aromatic hydroxyl groups is 1. The van der Waals surface area contributed by atoms with Crippen LogP contribution in [0.2, 0.25) is 0 Å². The Hall–Kier alpha value is -2.03. The molecule has 0 atom stereocenters. The molecule has 0 aliphatic heterocycles. The quantitative estimate of drug-likeness (QED) is 0.793. The zero-order chi connectivity index (χ0) is 12.3. The van der Waals surface area contributed by atoms with Gasteiger partial charge in [-0.3, -0.25) is 0 Å². The van der Waals surface area contributed by atoms with Crippen molar-refractivity contribution in [2.75, 3.05) is 5.32 Å². The van der Waals surface area contributed by atoms with Gasteiger partial charge < -0.3 is 10.4 Å². The highest BCUT2D eigenvalue weighted by Crippen LogP contribution is 2.19. The fourth-order valence-electron chi connectivity index (χ4n) is 1.64. The summed E-state index contributed by atoms with van der Waals surface area (Å²) in [5.41, 5.74) is 2.99. The molecule has 2 aromatic rings. The van der Waals surface area contributed by atoms with E-state index in [1.807, 2.05) is 25.1 Å². The lowest BCUT2D eigenvalue weighted by Gasteiger charge is -2.07. The second kappa shape index (κ2) is 4.87. The highest BCUT2D eigenvalue weighted by molar-refractivity contribution is 5.47. The van der Waals surface area contributed by atoms with Crippen molar-refractivity contribution in [2.45, 2.75) is 13.5 Å². The Balaban J connectivity index is 2.05. The fourth-order valence-corrected chi connectivity index (χ4v) is 1.64. The molecular weight excluding hydrogens is 217 g/mol. The molecule has 0 radical (unpaired) electrons. The third-order valence-electron chi connectivity index (χ3n) is 2.53. The summed E-state index contributed by atoms with van der Waals surface area (Å²) in [5.74, 6) is -0.939. The molecule has 2 rings (SSSR count). The lowest BCUT2D eigenvalue weighted by atomic mass is 10.1. The van der Waals surface area contributed by atoms with Crippen LogP contribution in [0.15, 0.2) is 42.5 Å². The first-order chi connectivity index (χ1) is 8.15. The van der Waals surface area contributed by atoms with Crippen molar-refractivity contribution in [3.8, 4) is 5.75 Å². The Labute approximate surface area is 99.7 Å². The van der Waals surface area contributed by atoms with Crippen LogP contribution < -0.4 is 5.32 Å². The summed E-state index contributed by atoms with van der Waals surface area (Å²) >= 11 is 0. The summed E-state index contributed by atoms with van der Waals surface area (Å²) in [6, 6.07) is 12.4. The Bertz CT molecular complexity index is 525. The molecule has 0 unspecified atom stereocenters. The molecular formula is C14H14FNO. The summed E-state index contributed by atoms with van der Waals surface area (Å²) in [5, 5.41) is 12.2. The number of hydrogen-bond acceptors (Lipinski definition) is 2. The molecule has 0 amide bonds. The zero-order valence-corrected chi connectivity index (χ0v) is 9.57. The van der Waals surface area contributed by atoms with Gasteiger partial charge in [0.2, 0.25) is 0 Å². The highest BCUT2D eigenvalue weighted by Gasteiger charge is 2.01. The summed E-state index contributed by atoms with van der Waals surface area (Å²) in [6.07, 6.45) is 0. The van der Waals surface area contributed by atoms with E-state index in [0.29, 0.717) is 12.2 Å². The average Bonchev–Trinajstić information content (AvgIpc) is 2.31. The van der Waals surface area contributed by atoms with Crippen LogP contribution in [0.3, 0.4) is 0 Å². The van der Waals surface area contributed by atoms with E-state index in [0.717, 1.165) is 5.56 Å². The molecule has 0 aliphatic rings. The lowest BCUT2D eigenvalue weighted by molar-refractivity contribution is 0.432. The minimum Gasteiger partial charge on any atom is -0.505 e. The molecule has 2 aromatic carbocycles. The van der Waals surface area contributed by atoms with E-state index in [9.17, 15) is 4.39 Å². The number of aryl methyl sites for hydroxylation is 1. The van der Waals surface area contributed by atoms with Crippen LogP contribution in [0.4, 0.5) is 10.1 Å². The van der Waals surface area contributed by atoms with Gasteiger partial charge >= 0.3 is 0 Å². The van der Waals surface area contributed by atoms with Crippen molar-refractivity contribution in [2.24, 2.45) is 0 Å². The van der Waals surface area contributed by atoms with Crippen molar-refractivity contribution in [3.63, 3.8) is 0 Å². The number of hydrogen-bond donors (Lipinski definition) is 2. The average molecular weight is 231 g/mol. The minimum absolute atomic E-state index is 0.328. The molecule has 0 aromatic heterocycles. The van der Waals surface area contributed by atoms with Crippen LogP contribution in [0.5, 0.6) is 5.75 Å². The van der Waals surface area contributed by atoms with Crippen LogP contribution in [0.1, 0.15) is 11.1 Å². The zero-order valence-electron chi connectivity index (χ0n) is 9.57. The minimum atomic E-state index is -0.612. The van der Waals surface area contributed by atoms with Crippen LogP contribution in [0, 0.1) is 12.7 Å². The Kier molecular flexibility index (Phi) is 3.28. The smallest absolute Gasteiger partial charge is 0.166 e. The molecule has 0 saturated carbocycles. The molecule has 17 heavy (non-hydrogen) atoms. The van der Waals surface area contributed by atoms with Crippen molar-refractivity contribution in [3.05, 3.63) is 59.4 Å². The Morgan fingerprint density at radius 1 is 1.18 bits per heavy atom. The first kappa shape index (κ1) is 11.5. The third kappa shape index (κ3) is 2.97. The number of phenols is 1. The van der Waals surface area contributed by atoms with Crippen LogP contribution in [-0.2, 0) is 6.54 Å². The number of halogens is 1. The summed E-state index contributed by atoms with van der Waals surface area (Å²) in [4.78, 5) is 0. The van der Waals surface area contributed by atoms with Crippen LogP contribution >= 0.6 is 0 Å². The van der Waals surface area contributed by atoms with Gasteiger partial charge in [0, 0.05) is 18.3 Å². The standard InChI is InChI=1S/C14H14FNO/c1-10-3-2-4-11(7-10)9-16-12-5-6-14(17)13(15)8-12/h2-8,16-17H,9H2,1H3. The number of rotatable bonds is 3. The first-order valence-corrected chi connectivity index (χ1v) is 5.43. The van der Waals surface area contributed by atoms with E-state index in [2.05, 4.69) is 11.4 Å². The van der Waals surface area contributed by atoms with Gasteiger partial charge in [0.15, 0.2) is 11.6 Å². The van der Waals surface area contributed by atoms with Gasteiger partial charge in [0.05, 0.1) is 0 Å². The Morgan fingerprint density at radius 3 is 2.71 bits per heavy atom. The lowest BCUT2D eigenvalue weighted by Crippen LogP contribution is -1.99. The third-order valence-corrected chi connectivity index (χ3v) is 2.53. The van der Waals surface area contributed by atoms with Gasteiger partial charge in [-0.1, -0.05) is 29.8 Å². The predicted molar refractivity (Wildman–Crippen MR) is 66.6 cm³/mol. The molecule has 88 valence electrons. The van der Waals surface area contributed by atoms with E-state index in [1.54, 1.807) is 6.07 Å². The number of phenolic OH excluding ortho intramolecular Hbond substituents is 1. The summed E-state index contributed by atoms with van der Waals surface area (Å²) in [7, 11) is 0. The van der Waals surface area contributed by atoms with Gasteiger partial charge in [-0.05, 0) is 24.6 Å². The van der Waals surface area contributed by atoms with Crippen molar-refractivity contribution in [1.29, 1.82) is 0 Å². The molecule has 2 N–H and O–H groups in total. The predicted octanol–water partition coefficient (Wildman–Crippen LogP) is 3.45. The second-order valence-corrected chi connectivity index (χ2v) is 4.01. The molecule has 0 heterocycles. The second-order valence-electron chi connectivity index (χ2n) is 4.01. The molecule has 2 nitrogen and oxygen atoms in total. The van der Waals surface area contributed by atoms with Gasteiger partial charge in [-0.15, -0.1) is 0 Å². The van der Waals surface area contributed by atoms with Gasteiger partial charge in [-0.2, -0.15) is 0 Å². The Morgan fingerprint density at radius 2 is 2.00 bits per heavy atom. The molecule has 0 bridgehead atoms. The molecule has 0 saturated heterocycles. The van der Waals surface area contributed by atoms with Crippen LogP contribution in [-0.4, -0.2) is 5.11 Å². The van der Waals surface area contributed by atoms with E-state index in [1.165, 1.54) is 17.7 Å². The molecule has 0 fully saturated rings. The van der Waals surface area contributed by atoms with E-state index in [4.69, 9.17) is 5.11 Å². The first-order valence-electron chi connectivity index (χ1n) is 5.43. The van der Waals surface area contributed by atoms with E-state index >= 15 is 0 Å². The van der Waals surface area contributed by atoms with Crippen LogP contribution in [0.25, 0.3) is 0 Å². The maximum absolute atomic E-state index is 13.1. The molecule has 0 spiro atoms. The maximum Gasteiger partial charge on any atom is 0.166 e. The number of nitrogens with one attached hydrogen (secondary N) is 1. The van der Waals surface area contributed by atoms with Gasteiger partial charge in [-0.25, -0.2) is 4.39 Å². The summed E-state index contributed by atoms with van der Waals surface area (Å²) < 4.78 is 13.1. The van der Waals surface area contributed by atoms with Crippen molar-refractivity contribution >= 4 is 5.69 Å². The van der Waals surface area contributed by atoms with Gasteiger partial charge in [0.25, 0.3) is 0 Å². The largest absolute Gasteiger partial charge is 0.505 e. The van der Waals surface area contributed by atoms with E-state index in [-0.39, 0.29) is 5.75 Å².